The Hall–Kier alpha value is -1.44. The molecular weight excluding hydrogens is 150 g/mol. The standard InChI is InChI=1S/C10H11NO/c1-8-7-11-10(12-8)9-5-3-2-4-6-9/h2-7,10-11H,1H3. The molecule has 0 aromatic heterocycles. The molecule has 1 aliphatic heterocycles. The van der Waals surface area contributed by atoms with Crippen LogP contribution in [0.25, 0.3) is 0 Å². The van der Waals surface area contributed by atoms with E-state index in [-0.39, 0.29) is 6.23 Å². The number of nitrogens with one attached hydrogen (secondary N) is 1. The van der Waals surface area contributed by atoms with Crippen molar-refractivity contribution in [3.8, 4) is 0 Å². The van der Waals surface area contributed by atoms with E-state index < -0.39 is 0 Å². The molecule has 62 valence electrons. The summed E-state index contributed by atoms with van der Waals surface area (Å²) in [6.07, 6.45) is 1.89. The fourth-order valence-corrected chi connectivity index (χ4v) is 1.24. The summed E-state index contributed by atoms with van der Waals surface area (Å²) in [5.41, 5.74) is 1.16. The van der Waals surface area contributed by atoms with Gasteiger partial charge in [-0.2, -0.15) is 0 Å². The van der Waals surface area contributed by atoms with E-state index in [2.05, 4.69) is 5.32 Å². The summed E-state index contributed by atoms with van der Waals surface area (Å²) in [5.74, 6) is 0.934. The van der Waals surface area contributed by atoms with E-state index in [1.54, 1.807) is 0 Å². The minimum Gasteiger partial charge on any atom is -0.470 e. The molecule has 0 fully saturated rings. The highest BCUT2D eigenvalue weighted by atomic mass is 16.5. The van der Waals surface area contributed by atoms with Gasteiger partial charge in [0.1, 0.15) is 5.76 Å². The van der Waals surface area contributed by atoms with Crippen LogP contribution in [0.15, 0.2) is 42.3 Å². The third-order valence-corrected chi connectivity index (χ3v) is 1.84. The maximum absolute atomic E-state index is 5.50. The molecule has 12 heavy (non-hydrogen) atoms. The molecule has 1 aromatic rings. The van der Waals surface area contributed by atoms with Crippen molar-refractivity contribution in [2.45, 2.75) is 13.2 Å². The molecule has 2 rings (SSSR count). The number of rotatable bonds is 1. The highest BCUT2D eigenvalue weighted by Crippen LogP contribution is 2.21. The van der Waals surface area contributed by atoms with Gasteiger partial charge < -0.3 is 10.1 Å². The van der Waals surface area contributed by atoms with E-state index >= 15 is 0 Å². The lowest BCUT2D eigenvalue weighted by Gasteiger charge is -2.11. The molecule has 0 amide bonds. The van der Waals surface area contributed by atoms with Crippen LogP contribution in [0.3, 0.4) is 0 Å². The monoisotopic (exact) mass is 161 g/mol. The summed E-state index contributed by atoms with van der Waals surface area (Å²) in [6.45, 7) is 1.94. The summed E-state index contributed by atoms with van der Waals surface area (Å²) in [4.78, 5) is 0. The zero-order valence-corrected chi connectivity index (χ0v) is 6.95. The first kappa shape index (κ1) is 7.22. The molecule has 0 radical (unpaired) electrons. The number of hydrogen-bond acceptors (Lipinski definition) is 2. The second-order valence-electron chi connectivity index (χ2n) is 2.83. The van der Waals surface area contributed by atoms with Gasteiger partial charge >= 0.3 is 0 Å². The highest BCUT2D eigenvalue weighted by molar-refractivity contribution is 5.19. The van der Waals surface area contributed by atoms with Gasteiger partial charge in [0.2, 0.25) is 0 Å². The van der Waals surface area contributed by atoms with Crippen LogP contribution in [0, 0.1) is 0 Å². The van der Waals surface area contributed by atoms with E-state index in [9.17, 15) is 0 Å². The zero-order valence-electron chi connectivity index (χ0n) is 6.95. The Kier molecular flexibility index (Phi) is 1.74. The van der Waals surface area contributed by atoms with E-state index in [0.29, 0.717) is 0 Å². The fourth-order valence-electron chi connectivity index (χ4n) is 1.24. The van der Waals surface area contributed by atoms with E-state index in [1.165, 1.54) is 0 Å². The van der Waals surface area contributed by atoms with Gasteiger partial charge in [-0.1, -0.05) is 30.3 Å². The Bertz CT molecular complexity index is 292. The minimum atomic E-state index is 0.00574. The summed E-state index contributed by atoms with van der Waals surface area (Å²) in [6, 6.07) is 10.1. The second-order valence-corrected chi connectivity index (χ2v) is 2.83. The Balaban J connectivity index is 2.14. The van der Waals surface area contributed by atoms with Crippen molar-refractivity contribution >= 4 is 0 Å². The van der Waals surface area contributed by atoms with Crippen LogP contribution >= 0.6 is 0 Å². The molecule has 1 atom stereocenters. The van der Waals surface area contributed by atoms with Crippen LogP contribution in [-0.2, 0) is 4.74 Å². The summed E-state index contributed by atoms with van der Waals surface area (Å²) >= 11 is 0. The lowest BCUT2D eigenvalue weighted by atomic mass is 10.2. The predicted octanol–water partition coefficient (Wildman–Crippen LogP) is 2.17. The van der Waals surface area contributed by atoms with Crippen LogP contribution in [0.2, 0.25) is 0 Å². The Morgan fingerprint density at radius 3 is 2.58 bits per heavy atom. The predicted molar refractivity (Wildman–Crippen MR) is 47.2 cm³/mol. The van der Waals surface area contributed by atoms with Gasteiger partial charge in [-0.25, -0.2) is 0 Å². The molecule has 1 N–H and O–H groups in total. The van der Waals surface area contributed by atoms with E-state index in [0.717, 1.165) is 11.3 Å². The number of benzene rings is 1. The van der Waals surface area contributed by atoms with Crippen molar-refractivity contribution in [3.05, 3.63) is 47.9 Å². The van der Waals surface area contributed by atoms with Gasteiger partial charge in [-0.3, -0.25) is 0 Å². The SMILES string of the molecule is CC1=CNC(c2ccccc2)O1. The van der Waals surface area contributed by atoms with Gasteiger partial charge in [-0.15, -0.1) is 0 Å². The van der Waals surface area contributed by atoms with Gasteiger partial charge in [0.05, 0.1) is 0 Å². The topological polar surface area (TPSA) is 21.3 Å². The Labute approximate surface area is 71.9 Å². The third-order valence-electron chi connectivity index (χ3n) is 1.84. The first-order chi connectivity index (χ1) is 5.86. The van der Waals surface area contributed by atoms with Crippen molar-refractivity contribution in [3.63, 3.8) is 0 Å². The van der Waals surface area contributed by atoms with Crippen LogP contribution in [0.1, 0.15) is 18.7 Å². The van der Waals surface area contributed by atoms with Gasteiger partial charge in [0, 0.05) is 11.8 Å². The molecule has 1 heterocycles. The normalized spacial score (nSPS) is 21.1. The second kappa shape index (κ2) is 2.89. The Morgan fingerprint density at radius 1 is 1.25 bits per heavy atom. The van der Waals surface area contributed by atoms with Crippen LogP contribution in [0.4, 0.5) is 0 Å². The smallest absolute Gasteiger partial charge is 0.195 e. The average molecular weight is 161 g/mol. The quantitative estimate of drug-likeness (QED) is 0.681. The minimum absolute atomic E-state index is 0.00574. The van der Waals surface area contributed by atoms with Crippen molar-refractivity contribution in [2.75, 3.05) is 0 Å². The largest absolute Gasteiger partial charge is 0.470 e. The molecular formula is C10H11NO. The number of ether oxygens (including phenoxy) is 1. The third kappa shape index (κ3) is 1.28. The lowest BCUT2D eigenvalue weighted by Crippen LogP contribution is -2.10. The van der Waals surface area contributed by atoms with Gasteiger partial charge in [-0.05, 0) is 6.92 Å². The first-order valence-corrected chi connectivity index (χ1v) is 4.01. The molecule has 0 bridgehead atoms. The Morgan fingerprint density at radius 2 is 2.00 bits per heavy atom. The number of hydrogen-bond donors (Lipinski definition) is 1. The van der Waals surface area contributed by atoms with Crippen molar-refractivity contribution in [1.29, 1.82) is 0 Å². The molecule has 1 unspecified atom stereocenters. The van der Waals surface area contributed by atoms with Crippen molar-refractivity contribution in [2.24, 2.45) is 0 Å². The molecule has 0 saturated carbocycles. The average Bonchev–Trinajstić information content (AvgIpc) is 2.54. The van der Waals surface area contributed by atoms with Crippen LogP contribution < -0.4 is 5.32 Å². The molecule has 0 aliphatic carbocycles. The highest BCUT2D eigenvalue weighted by Gasteiger charge is 2.15. The summed E-state index contributed by atoms with van der Waals surface area (Å²) in [5, 5.41) is 3.14. The molecule has 1 aliphatic rings. The molecule has 0 spiro atoms. The maximum atomic E-state index is 5.50. The van der Waals surface area contributed by atoms with Gasteiger partial charge in [0.25, 0.3) is 0 Å². The summed E-state index contributed by atoms with van der Waals surface area (Å²) in [7, 11) is 0. The van der Waals surface area contributed by atoms with Crippen molar-refractivity contribution < 1.29 is 4.74 Å². The van der Waals surface area contributed by atoms with E-state index in [1.807, 2.05) is 43.5 Å². The van der Waals surface area contributed by atoms with Gasteiger partial charge in [0.15, 0.2) is 6.23 Å². The molecule has 2 heteroatoms. The molecule has 1 aromatic carbocycles. The molecule has 0 saturated heterocycles. The van der Waals surface area contributed by atoms with E-state index in [4.69, 9.17) is 4.74 Å². The maximum Gasteiger partial charge on any atom is 0.195 e. The summed E-state index contributed by atoms with van der Waals surface area (Å²) < 4.78 is 5.50. The number of allylic oxidation sites excluding steroid dienone is 1. The zero-order chi connectivity index (χ0) is 8.39. The molecule has 2 nitrogen and oxygen atoms in total. The first-order valence-electron chi connectivity index (χ1n) is 4.01. The fraction of sp³-hybridized carbons (Fsp3) is 0.200. The van der Waals surface area contributed by atoms with Crippen molar-refractivity contribution in [1.82, 2.24) is 5.32 Å². The van der Waals surface area contributed by atoms with Crippen LogP contribution in [0.5, 0.6) is 0 Å². The lowest BCUT2D eigenvalue weighted by molar-refractivity contribution is 0.130. The van der Waals surface area contributed by atoms with Crippen LogP contribution in [-0.4, -0.2) is 0 Å².